The summed E-state index contributed by atoms with van der Waals surface area (Å²) >= 11 is 9.94. The normalized spacial score (nSPS) is 21.6. The number of nitrogens with two attached hydrogens (primary N) is 1. The molecule has 1 aliphatic rings. The summed E-state index contributed by atoms with van der Waals surface area (Å²) in [6.45, 7) is 2.64. The fourth-order valence-corrected chi connectivity index (χ4v) is 2.68. The molecule has 0 saturated heterocycles. The van der Waals surface area contributed by atoms with Crippen molar-refractivity contribution in [2.24, 2.45) is 5.73 Å². The molecule has 1 aromatic rings. The number of carbonyl (C=O) groups is 1. The van der Waals surface area contributed by atoms with E-state index >= 15 is 0 Å². The number of hydrogen-bond acceptors (Lipinski definition) is 4. The largest absolute Gasteiger partial charge is 0.370 e. The Labute approximate surface area is 130 Å². The maximum atomic E-state index is 11.7. The van der Waals surface area contributed by atoms with Crippen LogP contribution in [-0.2, 0) is 9.79 Å². The van der Waals surface area contributed by atoms with E-state index in [4.69, 9.17) is 17.3 Å². The second kappa shape index (κ2) is 5.85. The van der Waals surface area contributed by atoms with E-state index in [1.165, 1.54) is 0 Å². The van der Waals surface area contributed by atoms with Gasteiger partial charge in [-0.1, -0.05) is 11.6 Å². The average molecular weight is 358 g/mol. The van der Waals surface area contributed by atoms with Crippen molar-refractivity contribution in [1.82, 2.24) is 10.3 Å². The predicted octanol–water partition coefficient (Wildman–Crippen LogP) is 2.16. The summed E-state index contributed by atoms with van der Waals surface area (Å²) in [6.07, 6.45) is 4.93. The van der Waals surface area contributed by atoms with Gasteiger partial charge in [-0.15, -0.1) is 0 Å². The number of halogens is 2. The van der Waals surface area contributed by atoms with Crippen LogP contribution in [0.4, 0.5) is 5.82 Å². The number of alkyl halides is 1. The van der Waals surface area contributed by atoms with Gasteiger partial charge < -0.3 is 16.4 Å². The van der Waals surface area contributed by atoms with Gasteiger partial charge in [-0.05, 0) is 41.1 Å². The predicted molar refractivity (Wildman–Crippen MR) is 83.4 cm³/mol. The number of pyridine rings is 1. The van der Waals surface area contributed by atoms with E-state index in [1.807, 2.05) is 6.92 Å². The molecule has 2 heterocycles. The highest BCUT2D eigenvalue weighted by Gasteiger charge is 2.40. The smallest absolute Gasteiger partial charge is 0.248 e. The minimum absolute atomic E-state index is 0.251. The van der Waals surface area contributed by atoms with Crippen LogP contribution in [0.3, 0.4) is 0 Å². The fraction of sp³-hybridized carbons (Fsp3) is 0.231. The first kappa shape index (κ1) is 14.9. The Hall–Kier alpha value is -1.53. The summed E-state index contributed by atoms with van der Waals surface area (Å²) in [5.41, 5.74) is 6.34. The lowest BCUT2D eigenvalue weighted by atomic mass is 9.95. The zero-order valence-corrected chi connectivity index (χ0v) is 13.1. The molecule has 20 heavy (non-hydrogen) atoms. The highest BCUT2D eigenvalue weighted by molar-refractivity contribution is 9.11. The molecule has 0 aromatic carbocycles. The molecular weight excluding hydrogens is 344 g/mol. The van der Waals surface area contributed by atoms with Gasteiger partial charge in [-0.2, -0.15) is 0 Å². The van der Waals surface area contributed by atoms with Gasteiger partial charge in [0.05, 0.1) is 5.57 Å². The van der Waals surface area contributed by atoms with Gasteiger partial charge in [0.15, 0.2) is 5.00 Å². The molecule has 0 spiro atoms. The second-order valence-corrected chi connectivity index (χ2v) is 5.67. The van der Waals surface area contributed by atoms with Crippen LogP contribution in [0.1, 0.15) is 12.5 Å². The van der Waals surface area contributed by atoms with E-state index in [1.54, 1.807) is 30.6 Å². The number of anilines is 1. The summed E-state index contributed by atoms with van der Waals surface area (Å²) in [5, 5.41) is 6.12. The topological polar surface area (TPSA) is 80.0 Å². The van der Waals surface area contributed by atoms with Gasteiger partial charge in [-0.3, -0.25) is 4.79 Å². The number of primary amides is 1. The zero-order chi connectivity index (χ0) is 14.8. The van der Waals surface area contributed by atoms with Crippen LogP contribution in [0.2, 0.25) is 0 Å². The Kier molecular flexibility index (Phi) is 4.35. The molecule has 4 N–H and O–H groups in total. The molecular formula is C13H14BrClN4O. The Balaban J connectivity index is 2.55. The quantitative estimate of drug-likeness (QED) is 0.570. The average Bonchev–Trinajstić information content (AvgIpc) is 2.42. The monoisotopic (exact) mass is 356 g/mol. The molecule has 106 valence electrons. The van der Waals surface area contributed by atoms with Crippen molar-refractivity contribution < 1.29 is 4.79 Å². The molecule has 2 rings (SSSR count). The van der Waals surface area contributed by atoms with Crippen LogP contribution in [0, 0.1) is 0 Å². The van der Waals surface area contributed by atoms with Gasteiger partial charge in [0.1, 0.15) is 5.82 Å². The Bertz CT molecular complexity index is 602. The van der Waals surface area contributed by atoms with Gasteiger partial charge in [-0.25, -0.2) is 4.98 Å². The lowest BCUT2D eigenvalue weighted by Gasteiger charge is -2.33. The summed E-state index contributed by atoms with van der Waals surface area (Å²) in [5.74, 6) is 0.0138. The first-order valence-electron chi connectivity index (χ1n) is 6.02. The SMILES string of the molecule is CCNc1ncccc1C1(Cl)NC=C(Br)C=C1C(N)=O. The van der Waals surface area contributed by atoms with Crippen molar-refractivity contribution in [1.29, 1.82) is 0 Å². The summed E-state index contributed by atoms with van der Waals surface area (Å²) < 4.78 is 0.691. The summed E-state index contributed by atoms with van der Waals surface area (Å²) in [6, 6.07) is 3.56. The number of dihydropyridines is 1. The number of carbonyl (C=O) groups excluding carboxylic acids is 1. The lowest BCUT2D eigenvalue weighted by molar-refractivity contribution is -0.115. The molecule has 0 fully saturated rings. The van der Waals surface area contributed by atoms with Crippen LogP contribution in [-0.4, -0.2) is 17.4 Å². The maximum Gasteiger partial charge on any atom is 0.248 e. The Morgan fingerprint density at radius 3 is 3.05 bits per heavy atom. The Morgan fingerprint density at radius 1 is 1.65 bits per heavy atom. The van der Waals surface area contributed by atoms with E-state index < -0.39 is 10.9 Å². The van der Waals surface area contributed by atoms with E-state index in [0.29, 0.717) is 22.4 Å². The third-order valence-corrected chi connectivity index (χ3v) is 3.82. The molecule has 0 saturated carbocycles. The van der Waals surface area contributed by atoms with Crippen molar-refractivity contribution in [2.45, 2.75) is 11.9 Å². The van der Waals surface area contributed by atoms with Gasteiger partial charge in [0.2, 0.25) is 5.91 Å². The van der Waals surface area contributed by atoms with Crippen molar-refractivity contribution in [3.05, 3.63) is 46.2 Å². The van der Waals surface area contributed by atoms with E-state index in [0.717, 1.165) is 0 Å². The third-order valence-electron chi connectivity index (χ3n) is 2.85. The number of rotatable bonds is 4. The number of nitrogens with one attached hydrogen (secondary N) is 2. The first-order valence-corrected chi connectivity index (χ1v) is 7.19. The van der Waals surface area contributed by atoms with Crippen LogP contribution < -0.4 is 16.4 Å². The van der Waals surface area contributed by atoms with E-state index in [2.05, 4.69) is 31.5 Å². The highest BCUT2D eigenvalue weighted by Crippen LogP contribution is 2.40. The molecule has 0 radical (unpaired) electrons. The van der Waals surface area contributed by atoms with Crippen molar-refractivity contribution in [3.8, 4) is 0 Å². The van der Waals surface area contributed by atoms with E-state index in [-0.39, 0.29) is 5.57 Å². The summed E-state index contributed by atoms with van der Waals surface area (Å²) in [7, 11) is 0. The molecule has 1 amide bonds. The van der Waals surface area contributed by atoms with Crippen LogP contribution in [0.5, 0.6) is 0 Å². The first-order chi connectivity index (χ1) is 9.49. The molecule has 1 atom stereocenters. The van der Waals surface area contributed by atoms with Crippen LogP contribution in [0.15, 0.2) is 40.7 Å². The maximum absolute atomic E-state index is 11.7. The zero-order valence-electron chi connectivity index (χ0n) is 10.8. The number of nitrogens with zero attached hydrogens (tertiary/aromatic N) is 1. The third kappa shape index (κ3) is 2.66. The number of allylic oxidation sites excluding steroid dienone is 2. The summed E-state index contributed by atoms with van der Waals surface area (Å²) in [4.78, 5) is 14.7. The molecule has 0 bridgehead atoms. The van der Waals surface area contributed by atoms with Crippen molar-refractivity contribution in [2.75, 3.05) is 11.9 Å². The highest BCUT2D eigenvalue weighted by atomic mass is 79.9. The lowest BCUT2D eigenvalue weighted by Crippen LogP contribution is -2.43. The van der Waals surface area contributed by atoms with Crippen molar-refractivity contribution in [3.63, 3.8) is 0 Å². The molecule has 1 aromatic heterocycles. The Morgan fingerprint density at radius 2 is 2.40 bits per heavy atom. The van der Waals surface area contributed by atoms with Gasteiger partial charge in [0.25, 0.3) is 0 Å². The molecule has 0 aliphatic carbocycles. The fourth-order valence-electron chi connectivity index (χ4n) is 1.98. The van der Waals surface area contributed by atoms with Crippen LogP contribution in [0.25, 0.3) is 0 Å². The molecule has 1 unspecified atom stereocenters. The second-order valence-electron chi connectivity index (χ2n) is 4.18. The van der Waals surface area contributed by atoms with Crippen molar-refractivity contribution >= 4 is 39.3 Å². The minimum Gasteiger partial charge on any atom is -0.370 e. The molecule has 7 heteroatoms. The number of amides is 1. The van der Waals surface area contributed by atoms with Gasteiger partial charge in [0, 0.05) is 29.0 Å². The van der Waals surface area contributed by atoms with E-state index in [9.17, 15) is 4.79 Å². The standard InChI is InChI=1S/C13H14BrClN4O/c1-2-17-12-9(4-3-5-18-12)13(15)10(11(16)20)6-8(14)7-19-13/h3-7,19H,2H2,1H3,(H2,16,20)(H,17,18). The minimum atomic E-state index is -1.24. The molecule has 5 nitrogen and oxygen atoms in total. The number of aromatic nitrogens is 1. The van der Waals surface area contributed by atoms with Crippen LogP contribution >= 0.6 is 27.5 Å². The number of hydrogen-bond donors (Lipinski definition) is 3. The molecule has 1 aliphatic heterocycles. The van der Waals surface area contributed by atoms with Gasteiger partial charge >= 0.3 is 0 Å².